The molecular formula is C18H19FN2O. The van der Waals surface area contributed by atoms with Crippen molar-refractivity contribution in [3.8, 4) is 0 Å². The van der Waals surface area contributed by atoms with E-state index in [2.05, 4.69) is 0 Å². The highest BCUT2D eigenvalue weighted by Gasteiger charge is 2.24. The largest absolute Gasteiger partial charge is 0.378 e. The minimum Gasteiger partial charge on any atom is -0.378 e. The van der Waals surface area contributed by atoms with Gasteiger partial charge in [-0.25, -0.2) is 4.39 Å². The molecule has 4 heteroatoms. The average molecular weight is 298 g/mol. The van der Waals surface area contributed by atoms with E-state index < -0.39 is 0 Å². The van der Waals surface area contributed by atoms with Crippen LogP contribution in [0.3, 0.4) is 0 Å². The van der Waals surface area contributed by atoms with Gasteiger partial charge in [0.05, 0.1) is 5.69 Å². The number of benzene rings is 2. The highest BCUT2D eigenvalue weighted by molar-refractivity contribution is 6.07. The molecule has 0 radical (unpaired) electrons. The van der Waals surface area contributed by atoms with Crippen LogP contribution in [-0.2, 0) is 6.42 Å². The SMILES string of the molecule is CN(C)c1cccc(C(=O)N2CCCc3ccc(F)cc32)c1. The second kappa shape index (κ2) is 5.79. The van der Waals surface area contributed by atoms with Crippen LogP contribution in [0.1, 0.15) is 22.3 Å². The molecular weight excluding hydrogens is 279 g/mol. The summed E-state index contributed by atoms with van der Waals surface area (Å²) < 4.78 is 13.6. The van der Waals surface area contributed by atoms with Crippen LogP contribution in [0.2, 0.25) is 0 Å². The Morgan fingerprint density at radius 1 is 1.18 bits per heavy atom. The van der Waals surface area contributed by atoms with Gasteiger partial charge in [0, 0.05) is 31.9 Å². The van der Waals surface area contributed by atoms with Gasteiger partial charge in [0.1, 0.15) is 5.82 Å². The van der Waals surface area contributed by atoms with Crippen LogP contribution in [-0.4, -0.2) is 26.5 Å². The Labute approximate surface area is 130 Å². The zero-order valence-corrected chi connectivity index (χ0v) is 12.8. The Bertz CT molecular complexity index is 712. The number of carbonyl (C=O) groups is 1. The van der Waals surface area contributed by atoms with Gasteiger partial charge >= 0.3 is 0 Å². The van der Waals surface area contributed by atoms with E-state index in [0.717, 1.165) is 24.1 Å². The first-order chi connectivity index (χ1) is 10.6. The maximum atomic E-state index is 13.6. The Kier molecular flexibility index (Phi) is 3.84. The molecule has 0 unspecified atom stereocenters. The minimum absolute atomic E-state index is 0.0738. The van der Waals surface area contributed by atoms with E-state index in [4.69, 9.17) is 0 Å². The first kappa shape index (κ1) is 14.6. The van der Waals surface area contributed by atoms with Gasteiger partial charge in [0.15, 0.2) is 0 Å². The van der Waals surface area contributed by atoms with Gasteiger partial charge in [-0.05, 0) is 48.7 Å². The van der Waals surface area contributed by atoms with Crippen LogP contribution in [0, 0.1) is 5.82 Å². The van der Waals surface area contributed by atoms with E-state index in [-0.39, 0.29) is 11.7 Å². The fourth-order valence-electron chi connectivity index (χ4n) is 2.83. The molecule has 0 aromatic heterocycles. The fraction of sp³-hybridized carbons (Fsp3) is 0.278. The number of hydrogen-bond donors (Lipinski definition) is 0. The lowest BCUT2D eigenvalue weighted by Crippen LogP contribution is -2.35. The zero-order valence-electron chi connectivity index (χ0n) is 12.8. The Hall–Kier alpha value is -2.36. The second-order valence-corrected chi connectivity index (χ2v) is 5.78. The molecule has 0 saturated carbocycles. The molecule has 1 aliphatic rings. The second-order valence-electron chi connectivity index (χ2n) is 5.78. The molecule has 0 atom stereocenters. The molecule has 1 heterocycles. The number of rotatable bonds is 2. The summed E-state index contributed by atoms with van der Waals surface area (Å²) in [5.41, 5.74) is 3.34. The maximum absolute atomic E-state index is 13.6. The first-order valence-corrected chi connectivity index (χ1v) is 7.44. The molecule has 22 heavy (non-hydrogen) atoms. The Morgan fingerprint density at radius 2 is 2.00 bits per heavy atom. The average Bonchev–Trinajstić information content (AvgIpc) is 2.53. The summed E-state index contributed by atoms with van der Waals surface area (Å²) in [7, 11) is 3.88. The van der Waals surface area contributed by atoms with Crippen LogP contribution < -0.4 is 9.80 Å². The quantitative estimate of drug-likeness (QED) is 0.847. The molecule has 0 saturated heterocycles. The summed E-state index contributed by atoms with van der Waals surface area (Å²) in [4.78, 5) is 16.5. The van der Waals surface area contributed by atoms with Gasteiger partial charge in [-0.15, -0.1) is 0 Å². The van der Waals surface area contributed by atoms with E-state index in [9.17, 15) is 9.18 Å². The lowest BCUT2D eigenvalue weighted by molar-refractivity contribution is 0.0985. The van der Waals surface area contributed by atoms with Gasteiger partial charge in [-0.2, -0.15) is 0 Å². The number of aryl methyl sites for hydroxylation is 1. The molecule has 3 nitrogen and oxygen atoms in total. The predicted molar refractivity (Wildman–Crippen MR) is 87.2 cm³/mol. The summed E-state index contributed by atoms with van der Waals surface area (Å²) >= 11 is 0. The van der Waals surface area contributed by atoms with Gasteiger partial charge in [0.2, 0.25) is 0 Å². The third-order valence-electron chi connectivity index (χ3n) is 4.02. The van der Waals surface area contributed by atoms with E-state index in [1.807, 2.05) is 43.3 Å². The highest BCUT2D eigenvalue weighted by atomic mass is 19.1. The Morgan fingerprint density at radius 3 is 2.77 bits per heavy atom. The molecule has 114 valence electrons. The van der Waals surface area contributed by atoms with E-state index >= 15 is 0 Å². The van der Waals surface area contributed by atoms with Crippen molar-refractivity contribution in [2.45, 2.75) is 12.8 Å². The smallest absolute Gasteiger partial charge is 0.258 e. The van der Waals surface area contributed by atoms with Crippen LogP contribution >= 0.6 is 0 Å². The van der Waals surface area contributed by atoms with Crippen LogP contribution in [0.4, 0.5) is 15.8 Å². The fourth-order valence-corrected chi connectivity index (χ4v) is 2.83. The predicted octanol–water partition coefficient (Wildman–Crippen LogP) is 3.48. The van der Waals surface area contributed by atoms with Crippen LogP contribution in [0.5, 0.6) is 0 Å². The molecule has 2 aromatic carbocycles. The normalized spacial score (nSPS) is 13.7. The molecule has 1 amide bonds. The van der Waals surface area contributed by atoms with E-state index in [0.29, 0.717) is 17.8 Å². The van der Waals surface area contributed by atoms with Crippen molar-refractivity contribution in [3.05, 3.63) is 59.4 Å². The maximum Gasteiger partial charge on any atom is 0.258 e. The lowest BCUT2D eigenvalue weighted by atomic mass is 10.0. The summed E-state index contributed by atoms with van der Waals surface area (Å²) in [6, 6.07) is 12.2. The van der Waals surface area contributed by atoms with Gasteiger partial charge in [-0.3, -0.25) is 4.79 Å². The summed E-state index contributed by atoms with van der Waals surface area (Å²) in [5.74, 6) is -0.379. The van der Waals surface area contributed by atoms with Crippen LogP contribution in [0.15, 0.2) is 42.5 Å². The molecule has 0 bridgehead atoms. The number of anilines is 2. The third kappa shape index (κ3) is 2.69. The molecule has 1 aliphatic heterocycles. The monoisotopic (exact) mass is 298 g/mol. The Balaban J connectivity index is 1.97. The van der Waals surface area contributed by atoms with E-state index in [1.54, 1.807) is 11.0 Å². The number of fused-ring (bicyclic) bond motifs is 1. The number of nitrogens with zero attached hydrogens (tertiary/aromatic N) is 2. The third-order valence-corrected chi connectivity index (χ3v) is 4.02. The van der Waals surface area contributed by atoms with Gasteiger partial charge in [0.25, 0.3) is 5.91 Å². The van der Waals surface area contributed by atoms with Gasteiger partial charge in [-0.1, -0.05) is 12.1 Å². The molecule has 0 N–H and O–H groups in total. The minimum atomic E-state index is -0.305. The highest BCUT2D eigenvalue weighted by Crippen LogP contribution is 2.29. The number of carbonyl (C=O) groups excluding carboxylic acids is 1. The van der Waals surface area contributed by atoms with Crippen molar-refractivity contribution < 1.29 is 9.18 Å². The molecule has 2 aromatic rings. The van der Waals surface area contributed by atoms with Crippen molar-refractivity contribution in [1.82, 2.24) is 0 Å². The van der Waals surface area contributed by atoms with Crippen molar-refractivity contribution in [3.63, 3.8) is 0 Å². The standard InChI is InChI=1S/C18H19FN2O/c1-20(2)16-7-3-5-14(11-16)18(22)21-10-4-6-13-8-9-15(19)12-17(13)21/h3,5,7-9,11-12H,4,6,10H2,1-2H3. The molecule has 3 rings (SSSR count). The summed E-state index contributed by atoms with van der Waals surface area (Å²) in [6.07, 6.45) is 1.79. The lowest BCUT2D eigenvalue weighted by Gasteiger charge is -2.29. The van der Waals surface area contributed by atoms with Crippen molar-refractivity contribution >= 4 is 17.3 Å². The van der Waals surface area contributed by atoms with Crippen molar-refractivity contribution in [2.75, 3.05) is 30.4 Å². The van der Waals surface area contributed by atoms with Crippen molar-refractivity contribution in [1.29, 1.82) is 0 Å². The topological polar surface area (TPSA) is 23.6 Å². The number of halogens is 1. The van der Waals surface area contributed by atoms with E-state index in [1.165, 1.54) is 12.1 Å². The zero-order chi connectivity index (χ0) is 15.7. The summed E-state index contributed by atoms with van der Waals surface area (Å²) in [6.45, 7) is 0.626. The number of amides is 1. The molecule has 0 aliphatic carbocycles. The molecule has 0 fully saturated rings. The number of hydrogen-bond acceptors (Lipinski definition) is 2. The first-order valence-electron chi connectivity index (χ1n) is 7.44. The van der Waals surface area contributed by atoms with Crippen LogP contribution in [0.25, 0.3) is 0 Å². The molecule has 0 spiro atoms. The van der Waals surface area contributed by atoms with Gasteiger partial charge < -0.3 is 9.80 Å². The summed E-state index contributed by atoms with van der Waals surface area (Å²) in [5, 5.41) is 0. The van der Waals surface area contributed by atoms with Crippen molar-refractivity contribution in [2.24, 2.45) is 0 Å².